The summed E-state index contributed by atoms with van der Waals surface area (Å²) < 4.78 is 25.1. The first-order chi connectivity index (χ1) is 7.42. The van der Waals surface area contributed by atoms with Gasteiger partial charge in [-0.05, 0) is 25.2 Å². The summed E-state index contributed by atoms with van der Waals surface area (Å²) in [4.78, 5) is 11.2. The Morgan fingerprint density at radius 3 is 2.62 bits per heavy atom. The summed E-state index contributed by atoms with van der Waals surface area (Å²) in [5.74, 6) is 0.746. The molecule has 0 aromatic carbocycles. The lowest BCUT2D eigenvalue weighted by Crippen LogP contribution is -2.41. The van der Waals surface area contributed by atoms with Crippen molar-refractivity contribution in [3.63, 3.8) is 0 Å². The van der Waals surface area contributed by atoms with Crippen molar-refractivity contribution in [2.45, 2.75) is 39.5 Å². The van der Waals surface area contributed by atoms with Crippen LogP contribution in [0, 0.1) is 5.92 Å². The fraction of sp³-hybridized carbons (Fsp3) is 0.909. The Bertz CT molecular complexity index is 335. The molecule has 1 rings (SSSR count). The van der Waals surface area contributed by atoms with E-state index >= 15 is 0 Å². The topological polar surface area (TPSA) is 54.5 Å². The van der Waals surface area contributed by atoms with Crippen LogP contribution >= 0.6 is 0 Å². The largest absolute Gasteiger partial charge is 0.298 e. The van der Waals surface area contributed by atoms with E-state index in [0.29, 0.717) is 31.7 Å². The maximum atomic E-state index is 11.9. The maximum absolute atomic E-state index is 11.9. The molecule has 94 valence electrons. The van der Waals surface area contributed by atoms with Crippen LogP contribution in [0.4, 0.5) is 0 Å². The molecule has 0 saturated carbocycles. The van der Waals surface area contributed by atoms with Gasteiger partial charge in [-0.25, -0.2) is 8.42 Å². The second kappa shape index (κ2) is 5.77. The highest BCUT2D eigenvalue weighted by molar-refractivity contribution is 7.89. The Morgan fingerprint density at radius 2 is 2.06 bits per heavy atom. The van der Waals surface area contributed by atoms with Gasteiger partial charge in [0, 0.05) is 13.0 Å². The van der Waals surface area contributed by atoms with Crippen LogP contribution in [0.5, 0.6) is 0 Å². The number of rotatable bonds is 5. The highest BCUT2D eigenvalue weighted by Crippen LogP contribution is 2.13. The van der Waals surface area contributed by atoms with E-state index in [0.717, 1.165) is 6.42 Å². The highest BCUT2D eigenvalue weighted by Gasteiger charge is 2.26. The van der Waals surface area contributed by atoms with Crippen molar-refractivity contribution in [2.75, 3.05) is 18.8 Å². The lowest BCUT2D eigenvalue weighted by atomic mass is 10.1. The van der Waals surface area contributed by atoms with Crippen LogP contribution in [0.25, 0.3) is 0 Å². The first-order valence-corrected chi connectivity index (χ1v) is 7.52. The molecule has 4 nitrogen and oxygen atoms in total. The summed E-state index contributed by atoms with van der Waals surface area (Å²) in [7, 11) is -3.20. The van der Waals surface area contributed by atoms with Gasteiger partial charge in [0.2, 0.25) is 10.0 Å². The molecular formula is C11H21NO3S. The van der Waals surface area contributed by atoms with Crippen LogP contribution in [-0.2, 0) is 14.8 Å². The minimum absolute atomic E-state index is 0.0404. The third-order valence-electron chi connectivity index (χ3n) is 2.79. The SMILES string of the molecule is CC(C)CCCS(=O)(=O)N1CCCC(=O)C1. The van der Waals surface area contributed by atoms with Gasteiger partial charge >= 0.3 is 0 Å². The third-order valence-corrected chi connectivity index (χ3v) is 4.70. The summed E-state index contributed by atoms with van der Waals surface area (Å²) in [6, 6.07) is 0. The summed E-state index contributed by atoms with van der Waals surface area (Å²) in [5, 5.41) is 0. The van der Waals surface area contributed by atoms with Gasteiger partial charge in [-0.2, -0.15) is 4.31 Å². The minimum atomic E-state index is -3.20. The zero-order chi connectivity index (χ0) is 12.2. The summed E-state index contributed by atoms with van der Waals surface area (Å²) in [6.45, 7) is 4.76. The number of hydrogen-bond donors (Lipinski definition) is 0. The van der Waals surface area contributed by atoms with E-state index in [-0.39, 0.29) is 18.1 Å². The fourth-order valence-electron chi connectivity index (χ4n) is 1.85. The Labute approximate surface area is 98.1 Å². The number of carbonyl (C=O) groups is 1. The summed E-state index contributed by atoms with van der Waals surface area (Å²) >= 11 is 0. The van der Waals surface area contributed by atoms with Crippen molar-refractivity contribution >= 4 is 15.8 Å². The van der Waals surface area contributed by atoms with Crippen LogP contribution in [0.15, 0.2) is 0 Å². The Kier molecular flexibility index (Phi) is 4.92. The van der Waals surface area contributed by atoms with Gasteiger partial charge < -0.3 is 0 Å². The minimum Gasteiger partial charge on any atom is -0.298 e. The molecule has 1 fully saturated rings. The number of ketones is 1. The summed E-state index contributed by atoms with van der Waals surface area (Å²) in [5.41, 5.74) is 0. The van der Waals surface area contributed by atoms with Crippen molar-refractivity contribution in [2.24, 2.45) is 5.92 Å². The molecule has 0 amide bonds. The average molecular weight is 247 g/mol. The van der Waals surface area contributed by atoms with Gasteiger partial charge in [-0.3, -0.25) is 4.79 Å². The molecule has 0 atom stereocenters. The molecule has 1 heterocycles. The maximum Gasteiger partial charge on any atom is 0.214 e. The standard InChI is InChI=1S/C11H21NO3S/c1-10(2)5-4-8-16(14,15)12-7-3-6-11(13)9-12/h10H,3-9H2,1-2H3. The molecule has 1 saturated heterocycles. The van der Waals surface area contributed by atoms with E-state index in [9.17, 15) is 13.2 Å². The predicted molar refractivity (Wildman–Crippen MR) is 63.7 cm³/mol. The number of piperidine rings is 1. The number of nitrogens with zero attached hydrogens (tertiary/aromatic N) is 1. The fourth-order valence-corrected chi connectivity index (χ4v) is 3.39. The third kappa shape index (κ3) is 4.22. The predicted octanol–water partition coefficient (Wildman–Crippen LogP) is 1.42. The second-order valence-corrected chi connectivity index (χ2v) is 6.92. The normalized spacial score (nSPS) is 19.3. The smallest absolute Gasteiger partial charge is 0.214 e. The molecule has 0 aromatic heterocycles. The molecule has 1 aliphatic heterocycles. The van der Waals surface area contributed by atoms with Crippen LogP contribution in [0.3, 0.4) is 0 Å². The Morgan fingerprint density at radius 1 is 1.38 bits per heavy atom. The lowest BCUT2D eigenvalue weighted by molar-refractivity contribution is -0.120. The monoisotopic (exact) mass is 247 g/mol. The molecule has 0 aliphatic carbocycles. The number of Topliss-reactive ketones (excluding diaryl/α,β-unsaturated/α-hetero) is 1. The van der Waals surface area contributed by atoms with Crippen LogP contribution in [-0.4, -0.2) is 37.3 Å². The molecule has 0 bridgehead atoms. The van der Waals surface area contributed by atoms with Gasteiger partial charge in [-0.15, -0.1) is 0 Å². The van der Waals surface area contributed by atoms with Gasteiger partial charge in [0.25, 0.3) is 0 Å². The van der Waals surface area contributed by atoms with E-state index in [1.54, 1.807) is 0 Å². The van der Waals surface area contributed by atoms with E-state index in [4.69, 9.17) is 0 Å². The molecule has 16 heavy (non-hydrogen) atoms. The summed E-state index contributed by atoms with van der Waals surface area (Å²) in [6.07, 6.45) is 2.80. The molecule has 5 heteroatoms. The second-order valence-electron chi connectivity index (χ2n) is 4.83. The zero-order valence-corrected chi connectivity index (χ0v) is 10.9. The van der Waals surface area contributed by atoms with E-state index in [1.807, 2.05) is 0 Å². The molecule has 0 N–H and O–H groups in total. The first kappa shape index (κ1) is 13.6. The van der Waals surface area contributed by atoms with E-state index in [1.165, 1.54) is 4.31 Å². The molecule has 1 aliphatic rings. The number of sulfonamides is 1. The molecule has 0 unspecified atom stereocenters. The van der Waals surface area contributed by atoms with Crippen LogP contribution in [0.1, 0.15) is 39.5 Å². The molecular weight excluding hydrogens is 226 g/mol. The van der Waals surface area contributed by atoms with Crippen LogP contribution < -0.4 is 0 Å². The molecule has 0 spiro atoms. The van der Waals surface area contributed by atoms with Crippen molar-refractivity contribution in [1.29, 1.82) is 0 Å². The highest BCUT2D eigenvalue weighted by atomic mass is 32.2. The lowest BCUT2D eigenvalue weighted by Gasteiger charge is -2.25. The van der Waals surface area contributed by atoms with E-state index in [2.05, 4.69) is 13.8 Å². The van der Waals surface area contributed by atoms with Crippen molar-refractivity contribution < 1.29 is 13.2 Å². The Hall–Kier alpha value is -0.420. The van der Waals surface area contributed by atoms with Gasteiger partial charge in [0.1, 0.15) is 5.78 Å². The van der Waals surface area contributed by atoms with Crippen LogP contribution in [0.2, 0.25) is 0 Å². The molecule has 0 aromatic rings. The number of carbonyl (C=O) groups excluding carboxylic acids is 1. The van der Waals surface area contributed by atoms with Crippen molar-refractivity contribution in [1.82, 2.24) is 4.31 Å². The van der Waals surface area contributed by atoms with E-state index < -0.39 is 10.0 Å². The van der Waals surface area contributed by atoms with Crippen molar-refractivity contribution in [3.05, 3.63) is 0 Å². The van der Waals surface area contributed by atoms with Gasteiger partial charge in [0.05, 0.1) is 12.3 Å². The van der Waals surface area contributed by atoms with Crippen molar-refractivity contribution in [3.8, 4) is 0 Å². The molecule has 0 radical (unpaired) electrons. The Balaban J connectivity index is 2.46. The average Bonchev–Trinajstić information content (AvgIpc) is 2.16. The quantitative estimate of drug-likeness (QED) is 0.738. The van der Waals surface area contributed by atoms with Gasteiger partial charge in [-0.1, -0.05) is 13.8 Å². The zero-order valence-electron chi connectivity index (χ0n) is 10.1. The number of hydrogen-bond acceptors (Lipinski definition) is 3. The first-order valence-electron chi connectivity index (χ1n) is 5.91. The van der Waals surface area contributed by atoms with Gasteiger partial charge in [0.15, 0.2) is 0 Å².